The van der Waals surface area contributed by atoms with Gasteiger partial charge in [0.05, 0.1) is 28.0 Å². The number of hydrogen-bond donors (Lipinski definition) is 0. The molecule has 0 amide bonds. The molecule has 2 aromatic rings. The summed E-state index contributed by atoms with van der Waals surface area (Å²) >= 11 is 5.80. The number of aromatic nitrogens is 1. The molecule has 2 aliphatic carbocycles. The fourth-order valence-electron chi connectivity index (χ4n) is 4.61. The first-order valence-electron chi connectivity index (χ1n) is 11.9. The molecule has 1 saturated heterocycles. The van der Waals surface area contributed by atoms with E-state index in [1.54, 1.807) is 4.90 Å². The van der Waals surface area contributed by atoms with E-state index >= 15 is 0 Å². The Balaban J connectivity index is 1.25. The summed E-state index contributed by atoms with van der Waals surface area (Å²) in [5, 5.41) is -0.923. The summed E-state index contributed by atoms with van der Waals surface area (Å²) in [6.45, 7) is 3.03. The smallest absolute Gasteiger partial charge is 0.419 e. The van der Waals surface area contributed by atoms with Gasteiger partial charge in [-0.05, 0) is 49.3 Å². The number of halogens is 5. The molecule has 6 nitrogen and oxygen atoms in total. The lowest BCUT2D eigenvalue weighted by Gasteiger charge is -2.48. The lowest BCUT2D eigenvalue weighted by Crippen LogP contribution is -2.58. The molecular formula is C25H25ClF4N2O4S. The minimum Gasteiger partial charge on any atom is -0.492 e. The lowest BCUT2D eigenvalue weighted by molar-refractivity contribution is -0.137. The van der Waals surface area contributed by atoms with Gasteiger partial charge in [-0.25, -0.2) is 17.8 Å². The van der Waals surface area contributed by atoms with Crippen LogP contribution in [0.5, 0.6) is 5.75 Å². The molecule has 200 valence electrons. The number of carbonyl (C=O) groups is 1. The number of sulfone groups is 1. The van der Waals surface area contributed by atoms with Crippen molar-refractivity contribution >= 4 is 33.0 Å². The molecule has 12 heteroatoms. The Morgan fingerprint density at radius 2 is 1.86 bits per heavy atom. The van der Waals surface area contributed by atoms with Crippen LogP contribution < -0.4 is 9.64 Å². The largest absolute Gasteiger partial charge is 0.492 e. The summed E-state index contributed by atoms with van der Waals surface area (Å²) < 4.78 is 84.1. The third kappa shape index (κ3) is 5.57. The average molecular weight is 561 g/mol. The summed E-state index contributed by atoms with van der Waals surface area (Å²) in [6.07, 6.45) is -1.07. The van der Waals surface area contributed by atoms with Crippen LogP contribution in [-0.4, -0.2) is 49.9 Å². The maximum Gasteiger partial charge on any atom is 0.419 e. The summed E-state index contributed by atoms with van der Waals surface area (Å²) in [5.74, 6) is -1.51. The SMILES string of the molecule is CC1(COc2cc(F)c(C(=O)CS(=O)(=O)C3CC3)cc2C2CC2)CN(c2cc(Cl)c(C(F)(F)F)cn2)C1. The van der Waals surface area contributed by atoms with Crippen molar-refractivity contribution in [3.8, 4) is 5.75 Å². The van der Waals surface area contributed by atoms with Crippen molar-refractivity contribution in [3.63, 3.8) is 0 Å². The van der Waals surface area contributed by atoms with Crippen LogP contribution in [-0.2, 0) is 16.0 Å². The van der Waals surface area contributed by atoms with Crippen molar-refractivity contribution in [1.82, 2.24) is 4.98 Å². The summed E-state index contributed by atoms with van der Waals surface area (Å²) in [5.41, 5.74) is -0.915. The highest BCUT2D eigenvalue weighted by Crippen LogP contribution is 2.46. The predicted octanol–water partition coefficient (Wildman–Crippen LogP) is 5.44. The highest BCUT2D eigenvalue weighted by Gasteiger charge is 2.42. The second-order valence-electron chi connectivity index (χ2n) is 10.5. The van der Waals surface area contributed by atoms with Gasteiger partial charge >= 0.3 is 6.18 Å². The zero-order valence-corrected chi connectivity index (χ0v) is 21.5. The van der Waals surface area contributed by atoms with Crippen molar-refractivity contribution in [1.29, 1.82) is 0 Å². The molecule has 0 N–H and O–H groups in total. The van der Waals surface area contributed by atoms with E-state index in [1.165, 1.54) is 12.1 Å². The predicted molar refractivity (Wildman–Crippen MR) is 130 cm³/mol. The molecule has 0 unspecified atom stereocenters. The Morgan fingerprint density at radius 3 is 2.43 bits per heavy atom. The number of pyridine rings is 1. The first-order chi connectivity index (χ1) is 17.3. The number of nitrogens with zero attached hydrogens (tertiary/aromatic N) is 2. The van der Waals surface area contributed by atoms with E-state index in [2.05, 4.69) is 4.98 Å². The van der Waals surface area contributed by atoms with E-state index in [1.807, 2.05) is 6.92 Å². The molecule has 0 atom stereocenters. The van der Waals surface area contributed by atoms with Crippen LogP contribution in [0.3, 0.4) is 0 Å². The Bertz CT molecular complexity index is 1350. The zero-order chi connectivity index (χ0) is 26.8. The maximum atomic E-state index is 14.9. The van der Waals surface area contributed by atoms with Gasteiger partial charge in [-0.15, -0.1) is 0 Å². The molecule has 1 aromatic heterocycles. The number of Topliss-reactive ketones (excluding diaryl/α,β-unsaturated/α-hetero) is 1. The third-order valence-corrected chi connectivity index (χ3v) is 9.44. The summed E-state index contributed by atoms with van der Waals surface area (Å²) in [7, 11) is -3.57. The number of alkyl halides is 3. The van der Waals surface area contributed by atoms with E-state index in [0.29, 0.717) is 49.3 Å². The monoisotopic (exact) mass is 560 g/mol. The van der Waals surface area contributed by atoms with Crippen LogP contribution in [0.1, 0.15) is 60.0 Å². The second kappa shape index (κ2) is 9.11. The van der Waals surface area contributed by atoms with Crippen LogP contribution in [0.25, 0.3) is 0 Å². The normalized spacial score (nSPS) is 19.5. The number of anilines is 1. The Kier molecular flexibility index (Phi) is 6.46. The van der Waals surface area contributed by atoms with Crippen LogP contribution >= 0.6 is 11.6 Å². The zero-order valence-electron chi connectivity index (χ0n) is 19.9. The van der Waals surface area contributed by atoms with E-state index in [9.17, 15) is 30.8 Å². The van der Waals surface area contributed by atoms with Gasteiger partial charge in [-0.3, -0.25) is 4.79 Å². The standard InChI is InChI=1S/C25H25ClF4N2O4S/c1-24(11-32(12-24)23-7-19(26)18(9-31-23)25(28,29)30)13-36-22-8-20(27)17(6-16(22)14-2-3-14)21(33)10-37(34,35)15-4-5-15/h6-9,14-15H,2-5,10-13H2,1H3. The van der Waals surface area contributed by atoms with Gasteiger partial charge in [0.2, 0.25) is 0 Å². The molecule has 0 bridgehead atoms. The summed E-state index contributed by atoms with van der Waals surface area (Å²) in [6, 6.07) is 3.77. The lowest BCUT2D eigenvalue weighted by atomic mass is 9.83. The molecule has 2 heterocycles. The molecule has 5 rings (SSSR count). The number of benzene rings is 1. The summed E-state index contributed by atoms with van der Waals surface area (Å²) in [4.78, 5) is 18.3. The van der Waals surface area contributed by atoms with Crippen LogP contribution in [0, 0.1) is 11.2 Å². The van der Waals surface area contributed by atoms with Crippen molar-refractivity contribution in [2.75, 3.05) is 30.3 Å². The number of rotatable bonds is 9. The van der Waals surface area contributed by atoms with Crippen molar-refractivity contribution in [2.45, 2.75) is 50.0 Å². The molecule has 0 radical (unpaired) electrons. The van der Waals surface area contributed by atoms with E-state index in [0.717, 1.165) is 18.9 Å². The number of carbonyl (C=O) groups excluding carboxylic acids is 1. The first-order valence-corrected chi connectivity index (χ1v) is 14.0. The van der Waals surface area contributed by atoms with Crippen molar-refractivity contribution in [3.05, 3.63) is 51.9 Å². The molecule has 37 heavy (non-hydrogen) atoms. The average Bonchev–Trinajstić information content (AvgIpc) is 3.67. The first kappa shape index (κ1) is 26.2. The molecular weight excluding hydrogens is 536 g/mol. The Hall–Kier alpha value is -2.40. The van der Waals surface area contributed by atoms with E-state index in [-0.39, 0.29) is 23.5 Å². The topological polar surface area (TPSA) is 76.6 Å². The van der Waals surface area contributed by atoms with E-state index in [4.69, 9.17) is 16.3 Å². The molecule has 3 fully saturated rings. The number of hydrogen-bond acceptors (Lipinski definition) is 6. The fourth-order valence-corrected chi connectivity index (χ4v) is 6.48. The van der Waals surface area contributed by atoms with Gasteiger partial charge in [-0.2, -0.15) is 13.2 Å². The molecule has 1 aromatic carbocycles. The van der Waals surface area contributed by atoms with Crippen LogP contribution in [0.2, 0.25) is 5.02 Å². The Labute approximate surface area is 216 Å². The van der Waals surface area contributed by atoms with Gasteiger partial charge in [0, 0.05) is 30.8 Å². The van der Waals surface area contributed by atoms with Gasteiger partial charge < -0.3 is 9.64 Å². The van der Waals surface area contributed by atoms with Gasteiger partial charge in [0.15, 0.2) is 15.6 Å². The minimum atomic E-state index is -4.58. The minimum absolute atomic E-state index is 0.117. The van der Waals surface area contributed by atoms with Gasteiger partial charge in [0.1, 0.15) is 23.1 Å². The maximum absolute atomic E-state index is 14.9. The van der Waals surface area contributed by atoms with Gasteiger partial charge in [-0.1, -0.05) is 18.5 Å². The molecule has 3 aliphatic rings. The van der Waals surface area contributed by atoms with E-state index < -0.39 is 49.2 Å². The van der Waals surface area contributed by atoms with Crippen LogP contribution in [0.15, 0.2) is 24.4 Å². The van der Waals surface area contributed by atoms with Gasteiger partial charge in [0.25, 0.3) is 0 Å². The Morgan fingerprint density at radius 1 is 1.19 bits per heavy atom. The van der Waals surface area contributed by atoms with Crippen molar-refractivity contribution in [2.24, 2.45) is 5.41 Å². The molecule has 2 saturated carbocycles. The highest BCUT2D eigenvalue weighted by molar-refractivity contribution is 7.93. The second-order valence-corrected chi connectivity index (χ2v) is 13.2. The number of ketones is 1. The highest BCUT2D eigenvalue weighted by atomic mass is 35.5. The van der Waals surface area contributed by atoms with Crippen molar-refractivity contribution < 1.29 is 35.5 Å². The third-order valence-electron chi connectivity index (χ3n) is 6.97. The quantitative estimate of drug-likeness (QED) is 0.300. The number of ether oxygens (including phenoxy) is 1. The molecule has 1 aliphatic heterocycles. The fraction of sp³-hybridized carbons (Fsp3) is 0.520. The van der Waals surface area contributed by atoms with Crippen LogP contribution in [0.4, 0.5) is 23.4 Å². The molecule has 0 spiro atoms.